The molecule has 0 spiro atoms. The molecular weight excluding hydrogens is 571 g/mol. The summed E-state index contributed by atoms with van der Waals surface area (Å²) in [7, 11) is 0. The molecule has 4 heterocycles. The number of rotatable bonds is 3. The van der Waals surface area contributed by atoms with Crippen LogP contribution < -0.4 is 0 Å². The van der Waals surface area contributed by atoms with Crippen molar-refractivity contribution in [3.8, 4) is 28.3 Å². The monoisotopic (exact) mass is 593 g/mol. The maximum Gasteiger partial charge on any atom is 0.235 e. The summed E-state index contributed by atoms with van der Waals surface area (Å²) in [4.78, 5) is 10.7. The van der Waals surface area contributed by atoms with Gasteiger partial charge in [0.05, 0.1) is 32.3 Å². The maximum atomic E-state index is 6.53. The Balaban J connectivity index is 1.31. The molecule has 0 atom stereocenters. The molecule has 0 amide bonds. The van der Waals surface area contributed by atoms with Crippen LogP contribution in [0.25, 0.3) is 92.4 Å². The third-order valence-corrected chi connectivity index (χ3v) is 10.00. The normalized spacial score (nSPS) is 12.0. The first-order chi connectivity index (χ1) is 22.3. The van der Waals surface area contributed by atoms with Gasteiger partial charge < -0.3 is 4.42 Å². The van der Waals surface area contributed by atoms with Gasteiger partial charge in [-0.25, -0.2) is 9.97 Å². The van der Waals surface area contributed by atoms with Gasteiger partial charge in [-0.3, -0.25) is 4.57 Å². The summed E-state index contributed by atoms with van der Waals surface area (Å²) < 4.78 is 11.0. The second-order valence-electron chi connectivity index (χ2n) is 11.4. The van der Waals surface area contributed by atoms with Crippen molar-refractivity contribution in [2.24, 2.45) is 0 Å². The second-order valence-corrected chi connectivity index (χ2v) is 12.4. The lowest BCUT2D eigenvalue weighted by Crippen LogP contribution is -2.02. The topological polar surface area (TPSA) is 43.9 Å². The van der Waals surface area contributed by atoms with Crippen LogP contribution in [0.4, 0.5) is 0 Å². The van der Waals surface area contributed by atoms with Crippen LogP contribution in [-0.4, -0.2) is 14.5 Å². The number of fused-ring (bicyclic) bond motifs is 10. The molecule has 210 valence electrons. The fourth-order valence-electron chi connectivity index (χ4n) is 6.80. The average Bonchev–Trinajstić information content (AvgIpc) is 3.78. The van der Waals surface area contributed by atoms with Gasteiger partial charge in [0.2, 0.25) is 5.95 Å². The van der Waals surface area contributed by atoms with E-state index >= 15 is 0 Å². The molecule has 10 rings (SSSR count). The number of thiophene rings is 1. The van der Waals surface area contributed by atoms with Crippen molar-refractivity contribution in [1.82, 2.24) is 14.5 Å². The number of hydrogen-bond donors (Lipinski definition) is 0. The summed E-state index contributed by atoms with van der Waals surface area (Å²) in [5.41, 5.74) is 9.15. The molecule has 0 unspecified atom stereocenters. The summed E-state index contributed by atoms with van der Waals surface area (Å²) in [6.45, 7) is 0. The summed E-state index contributed by atoms with van der Waals surface area (Å²) >= 11 is 1.75. The zero-order valence-electron chi connectivity index (χ0n) is 23.9. The lowest BCUT2D eigenvalue weighted by molar-refractivity contribution is 0.673. The van der Waals surface area contributed by atoms with Gasteiger partial charge in [0.15, 0.2) is 0 Å². The van der Waals surface area contributed by atoms with Crippen molar-refractivity contribution >= 4 is 75.4 Å². The van der Waals surface area contributed by atoms with Gasteiger partial charge in [-0.05, 0) is 47.5 Å². The van der Waals surface area contributed by atoms with Gasteiger partial charge in [-0.15, -0.1) is 11.3 Å². The number of benzene rings is 6. The van der Waals surface area contributed by atoms with Crippen LogP contribution in [0.3, 0.4) is 0 Å². The van der Waals surface area contributed by atoms with Gasteiger partial charge >= 0.3 is 0 Å². The second kappa shape index (κ2) is 9.36. The Morgan fingerprint density at radius 2 is 1.27 bits per heavy atom. The summed E-state index contributed by atoms with van der Waals surface area (Å²) in [6.07, 6.45) is 0. The number of furan rings is 1. The first kappa shape index (κ1) is 24.6. The van der Waals surface area contributed by atoms with Crippen LogP contribution in [0.1, 0.15) is 0 Å². The molecule has 0 saturated carbocycles. The van der Waals surface area contributed by atoms with Gasteiger partial charge in [0.1, 0.15) is 11.2 Å². The van der Waals surface area contributed by atoms with E-state index in [1.807, 2.05) is 12.1 Å². The molecule has 0 aliphatic heterocycles. The van der Waals surface area contributed by atoms with E-state index in [1.54, 1.807) is 11.3 Å². The SMILES string of the molecule is c1ccc(-c2cccc(-c3nc(-n4c5ccccc5c5c6oc7ccccc7c6ccc54)nc4c3sc3ccccc34)c2)cc1. The summed E-state index contributed by atoms with van der Waals surface area (Å²) in [5, 5.41) is 5.56. The summed E-state index contributed by atoms with van der Waals surface area (Å²) in [6, 6.07) is 48.8. The highest BCUT2D eigenvalue weighted by Gasteiger charge is 2.22. The van der Waals surface area contributed by atoms with Crippen LogP contribution in [0, 0.1) is 0 Å². The number of nitrogens with zero attached hydrogens (tertiary/aromatic N) is 3. The number of para-hydroxylation sites is 2. The van der Waals surface area contributed by atoms with Crippen LogP contribution in [0.5, 0.6) is 0 Å². The molecule has 0 N–H and O–H groups in total. The third kappa shape index (κ3) is 3.59. The molecule has 10 aromatic rings. The van der Waals surface area contributed by atoms with Gasteiger partial charge in [0, 0.05) is 31.8 Å². The van der Waals surface area contributed by atoms with E-state index in [0.29, 0.717) is 5.95 Å². The van der Waals surface area contributed by atoms with E-state index in [9.17, 15) is 0 Å². The molecule has 0 aliphatic carbocycles. The molecule has 5 heteroatoms. The molecular formula is C40H23N3OS. The van der Waals surface area contributed by atoms with Crippen LogP contribution in [0.15, 0.2) is 144 Å². The van der Waals surface area contributed by atoms with Gasteiger partial charge in [-0.2, -0.15) is 0 Å². The fraction of sp³-hybridized carbons (Fsp3) is 0. The minimum absolute atomic E-state index is 0.646. The van der Waals surface area contributed by atoms with Crippen molar-refractivity contribution in [2.45, 2.75) is 0 Å². The molecule has 4 nitrogen and oxygen atoms in total. The summed E-state index contributed by atoms with van der Waals surface area (Å²) in [5.74, 6) is 0.646. The average molecular weight is 594 g/mol. The highest BCUT2D eigenvalue weighted by atomic mass is 32.1. The highest BCUT2D eigenvalue weighted by Crippen LogP contribution is 2.43. The Bertz CT molecular complexity index is 2770. The van der Waals surface area contributed by atoms with Crippen molar-refractivity contribution < 1.29 is 4.42 Å². The van der Waals surface area contributed by atoms with E-state index in [4.69, 9.17) is 14.4 Å². The standard InChI is InChI=1S/C40H23N3OS/c1-2-11-24(12-3-1)25-13-10-14-26(23-25)36-39-37(30-17-6-9-20-34(30)45-39)42-40(41-36)43-31-18-7-4-16-29(31)35-32(43)22-21-28-27-15-5-8-19-33(27)44-38(28)35/h1-23H. The smallest absolute Gasteiger partial charge is 0.235 e. The third-order valence-electron chi connectivity index (χ3n) is 8.83. The Hall–Kier alpha value is -5.78. The van der Waals surface area contributed by atoms with E-state index in [2.05, 4.69) is 132 Å². The Labute approximate surface area is 261 Å². The van der Waals surface area contributed by atoms with Crippen LogP contribution in [0.2, 0.25) is 0 Å². The van der Waals surface area contributed by atoms with Crippen molar-refractivity contribution in [2.75, 3.05) is 0 Å². The molecule has 0 saturated heterocycles. The van der Waals surface area contributed by atoms with Crippen molar-refractivity contribution in [3.05, 3.63) is 140 Å². The Morgan fingerprint density at radius 3 is 2.18 bits per heavy atom. The molecule has 45 heavy (non-hydrogen) atoms. The zero-order valence-corrected chi connectivity index (χ0v) is 24.8. The van der Waals surface area contributed by atoms with E-state index in [1.165, 1.54) is 10.3 Å². The predicted molar refractivity (Wildman–Crippen MR) is 187 cm³/mol. The van der Waals surface area contributed by atoms with Crippen LogP contribution in [-0.2, 0) is 0 Å². The zero-order chi connectivity index (χ0) is 29.5. The molecule has 0 radical (unpaired) electrons. The predicted octanol–water partition coefficient (Wildman–Crippen LogP) is 11.2. The van der Waals surface area contributed by atoms with E-state index in [0.717, 1.165) is 76.2 Å². The first-order valence-corrected chi connectivity index (χ1v) is 15.8. The van der Waals surface area contributed by atoms with Crippen LogP contribution >= 0.6 is 11.3 Å². The quantitative estimate of drug-likeness (QED) is 0.205. The molecule has 4 aromatic heterocycles. The lowest BCUT2D eigenvalue weighted by Gasteiger charge is -2.11. The lowest BCUT2D eigenvalue weighted by atomic mass is 10.0. The molecule has 0 bridgehead atoms. The molecule has 0 fully saturated rings. The maximum absolute atomic E-state index is 6.53. The Morgan fingerprint density at radius 1 is 0.533 bits per heavy atom. The highest BCUT2D eigenvalue weighted by molar-refractivity contribution is 7.26. The molecule has 0 aliphatic rings. The minimum Gasteiger partial charge on any atom is -0.455 e. The van der Waals surface area contributed by atoms with E-state index < -0.39 is 0 Å². The van der Waals surface area contributed by atoms with Gasteiger partial charge in [-0.1, -0.05) is 103 Å². The van der Waals surface area contributed by atoms with Crippen molar-refractivity contribution in [1.29, 1.82) is 0 Å². The number of hydrogen-bond acceptors (Lipinski definition) is 4. The number of aromatic nitrogens is 3. The van der Waals surface area contributed by atoms with Gasteiger partial charge in [0.25, 0.3) is 0 Å². The first-order valence-electron chi connectivity index (χ1n) is 15.0. The largest absolute Gasteiger partial charge is 0.455 e. The minimum atomic E-state index is 0.646. The van der Waals surface area contributed by atoms with E-state index in [-0.39, 0.29) is 0 Å². The van der Waals surface area contributed by atoms with Crippen molar-refractivity contribution in [3.63, 3.8) is 0 Å². The fourth-order valence-corrected chi connectivity index (χ4v) is 7.96. The Kier molecular flexibility index (Phi) is 5.12. The molecule has 6 aromatic carbocycles.